The summed E-state index contributed by atoms with van der Waals surface area (Å²) in [5, 5.41) is 23.3. The first-order valence-corrected chi connectivity index (χ1v) is 13.8. The van der Waals surface area contributed by atoms with Crippen LogP contribution in [0.15, 0.2) is 30.0 Å². The number of allylic oxidation sites excluding steroid dienone is 2. The van der Waals surface area contributed by atoms with Crippen molar-refractivity contribution in [3.63, 3.8) is 0 Å². The maximum atomic E-state index is 13.6. The molecule has 0 saturated heterocycles. The molecule has 7 nitrogen and oxygen atoms in total. The molecule has 204 valence electrons. The average molecular weight is 512 g/mol. The van der Waals surface area contributed by atoms with E-state index >= 15 is 0 Å². The van der Waals surface area contributed by atoms with Crippen molar-refractivity contribution < 1.29 is 19.8 Å². The van der Waals surface area contributed by atoms with E-state index in [2.05, 4.69) is 55.9 Å². The number of aliphatic hydroxyl groups excluding tert-OH is 2. The van der Waals surface area contributed by atoms with Crippen LogP contribution in [0.4, 0.5) is 5.69 Å². The second-order valence-corrected chi connectivity index (χ2v) is 11.2. The number of carbonyl (C=O) groups excluding carboxylic acids is 2. The van der Waals surface area contributed by atoms with Crippen molar-refractivity contribution in [2.24, 2.45) is 11.8 Å². The first-order chi connectivity index (χ1) is 17.7. The van der Waals surface area contributed by atoms with E-state index in [4.69, 9.17) is 0 Å². The van der Waals surface area contributed by atoms with Gasteiger partial charge in [-0.2, -0.15) is 0 Å². The maximum Gasteiger partial charge on any atom is 0.243 e. The molecule has 0 spiro atoms. The molecule has 1 aliphatic heterocycles. The Morgan fingerprint density at radius 1 is 1.19 bits per heavy atom. The van der Waals surface area contributed by atoms with Gasteiger partial charge in [-0.15, -0.1) is 0 Å². The molecule has 2 aromatic rings. The number of aliphatic hydroxyl groups is 2. The Morgan fingerprint density at radius 3 is 2.59 bits per heavy atom. The summed E-state index contributed by atoms with van der Waals surface area (Å²) in [4.78, 5) is 32.1. The van der Waals surface area contributed by atoms with Crippen molar-refractivity contribution in [2.45, 2.75) is 85.2 Å². The summed E-state index contributed by atoms with van der Waals surface area (Å²) in [6.07, 6.45) is 8.43. The van der Waals surface area contributed by atoms with E-state index < -0.39 is 12.1 Å². The lowest BCUT2D eigenvalue weighted by molar-refractivity contribution is -0.124. The highest BCUT2D eigenvalue weighted by molar-refractivity contribution is 6.11. The predicted octanol–water partition coefficient (Wildman–Crippen LogP) is 4.76. The van der Waals surface area contributed by atoms with E-state index in [1.807, 2.05) is 18.3 Å². The van der Waals surface area contributed by atoms with Crippen molar-refractivity contribution in [2.75, 3.05) is 24.7 Å². The van der Waals surface area contributed by atoms with Crippen molar-refractivity contribution >= 4 is 28.3 Å². The summed E-state index contributed by atoms with van der Waals surface area (Å²) in [7, 11) is 0. The lowest BCUT2D eigenvalue weighted by atomic mass is 9.95. The zero-order chi connectivity index (χ0) is 27.1. The number of nitrogens with zero attached hydrogens (tertiary/aromatic N) is 1. The number of hydrogen-bond donors (Lipinski definition) is 4. The van der Waals surface area contributed by atoms with Crippen molar-refractivity contribution in [1.29, 1.82) is 0 Å². The Bertz CT molecular complexity index is 1100. The molecule has 3 atom stereocenters. The average Bonchev–Trinajstić information content (AvgIpc) is 3.28. The molecular weight excluding hydrogens is 466 g/mol. The second kappa shape index (κ2) is 13.2. The van der Waals surface area contributed by atoms with Crippen LogP contribution in [0.2, 0.25) is 0 Å². The zero-order valence-electron chi connectivity index (χ0n) is 23.1. The number of Topliss-reactive ketones (excluding diaryl/α,β-unsaturated/α-hetero) is 1. The molecule has 1 aromatic carbocycles. The molecule has 1 aromatic heterocycles. The molecule has 0 radical (unpaired) electrons. The smallest absolute Gasteiger partial charge is 0.243 e. The third kappa shape index (κ3) is 7.02. The number of amides is 1. The lowest BCUT2D eigenvalue weighted by Gasteiger charge is -2.36. The van der Waals surface area contributed by atoms with Crippen LogP contribution in [-0.2, 0) is 11.2 Å². The first kappa shape index (κ1) is 28.9. The molecule has 7 heteroatoms. The van der Waals surface area contributed by atoms with E-state index in [0.717, 1.165) is 41.4 Å². The number of hydrogen-bond acceptors (Lipinski definition) is 5. The molecule has 37 heavy (non-hydrogen) atoms. The van der Waals surface area contributed by atoms with E-state index in [0.29, 0.717) is 30.9 Å². The summed E-state index contributed by atoms with van der Waals surface area (Å²) in [5.41, 5.74) is 4.64. The van der Waals surface area contributed by atoms with Gasteiger partial charge in [0, 0.05) is 42.4 Å². The highest BCUT2D eigenvalue weighted by atomic mass is 16.3. The van der Waals surface area contributed by atoms with Gasteiger partial charge in [-0.25, -0.2) is 0 Å². The lowest BCUT2D eigenvalue weighted by Crippen LogP contribution is -2.53. The van der Waals surface area contributed by atoms with Crippen LogP contribution in [-0.4, -0.2) is 58.7 Å². The summed E-state index contributed by atoms with van der Waals surface area (Å²) >= 11 is 0. The normalized spacial score (nSPS) is 18.8. The quantitative estimate of drug-likeness (QED) is 0.243. The minimum atomic E-state index is -0.405. The van der Waals surface area contributed by atoms with Gasteiger partial charge in [0.05, 0.1) is 18.2 Å². The van der Waals surface area contributed by atoms with Crippen LogP contribution >= 0.6 is 0 Å². The largest absolute Gasteiger partial charge is 0.396 e. The number of nitrogens with one attached hydrogen (secondary N) is 2. The van der Waals surface area contributed by atoms with Crippen LogP contribution in [0.1, 0.15) is 82.6 Å². The number of aromatic nitrogens is 1. The molecule has 1 aliphatic rings. The molecule has 4 N–H and O–H groups in total. The monoisotopic (exact) mass is 511 g/mol. The number of rotatable bonds is 12. The fourth-order valence-electron chi connectivity index (χ4n) is 5.39. The Labute approximate surface area is 221 Å². The van der Waals surface area contributed by atoms with Gasteiger partial charge in [0.25, 0.3) is 0 Å². The van der Waals surface area contributed by atoms with Gasteiger partial charge in [0.2, 0.25) is 5.91 Å². The third-order valence-electron chi connectivity index (χ3n) is 7.41. The van der Waals surface area contributed by atoms with E-state index in [1.54, 1.807) is 0 Å². The topological polar surface area (TPSA) is 106 Å². The predicted molar refractivity (Wildman–Crippen MR) is 150 cm³/mol. The number of anilines is 1. The fraction of sp³-hybridized carbons (Fsp3) is 0.600. The van der Waals surface area contributed by atoms with Crippen LogP contribution < -0.4 is 10.2 Å². The molecule has 0 saturated carbocycles. The fourth-order valence-corrected chi connectivity index (χ4v) is 5.39. The number of carbonyl (C=O) groups is 2. The Balaban J connectivity index is 2.08. The van der Waals surface area contributed by atoms with Gasteiger partial charge >= 0.3 is 0 Å². The third-order valence-corrected chi connectivity index (χ3v) is 7.41. The number of benzene rings is 1. The molecule has 3 rings (SSSR count). The van der Waals surface area contributed by atoms with Gasteiger partial charge < -0.3 is 25.4 Å². The molecular formula is C30H45N3O4. The SMILES string of the molecule is CC(C)=CCC[C@H](C)CCN1c2ccc(C(=O)CCCO)c3[nH]cc(c23)C[C@@H](CO)NC(=O)[C@@H]1C(C)C. The highest BCUT2D eigenvalue weighted by Crippen LogP contribution is 2.37. The molecule has 0 aliphatic carbocycles. The summed E-state index contributed by atoms with van der Waals surface area (Å²) < 4.78 is 0. The Morgan fingerprint density at radius 2 is 1.95 bits per heavy atom. The van der Waals surface area contributed by atoms with Gasteiger partial charge in [-0.3, -0.25) is 9.59 Å². The van der Waals surface area contributed by atoms with Gasteiger partial charge in [0.15, 0.2) is 5.78 Å². The summed E-state index contributed by atoms with van der Waals surface area (Å²) in [6.45, 7) is 11.2. The molecule has 1 amide bonds. The molecule has 0 bridgehead atoms. The van der Waals surface area contributed by atoms with Crippen molar-refractivity contribution in [1.82, 2.24) is 10.3 Å². The van der Waals surface area contributed by atoms with Gasteiger partial charge in [0.1, 0.15) is 6.04 Å². The first-order valence-electron chi connectivity index (χ1n) is 13.8. The minimum Gasteiger partial charge on any atom is -0.396 e. The van der Waals surface area contributed by atoms with Crippen molar-refractivity contribution in [3.8, 4) is 0 Å². The molecule has 0 unspecified atom stereocenters. The van der Waals surface area contributed by atoms with Crippen LogP contribution in [0, 0.1) is 11.8 Å². The van der Waals surface area contributed by atoms with Gasteiger partial charge in [-0.05, 0) is 75.5 Å². The molecule has 2 heterocycles. The summed E-state index contributed by atoms with van der Waals surface area (Å²) in [6, 6.07) is 3.04. The summed E-state index contributed by atoms with van der Waals surface area (Å²) in [5.74, 6) is 0.449. The maximum absolute atomic E-state index is 13.6. The van der Waals surface area contributed by atoms with E-state index in [9.17, 15) is 19.8 Å². The number of H-pyrrole nitrogens is 1. The van der Waals surface area contributed by atoms with Crippen LogP contribution in [0.25, 0.3) is 10.9 Å². The Kier molecular flexibility index (Phi) is 10.4. The number of aromatic amines is 1. The highest BCUT2D eigenvalue weighted by Gasteiger charge is 2.34. The number of ketones is 1. The minimum absolute atomic E-state index is 0.0124. The van der Waals surface area contributed by atoms with Crippen LogP contribution in [0.3, 0.4) is 0 Å². The van der Waals surface area contributed by atoms with E-state index in [-0.39, 0.29) is 37.2 Å². The van der Waals surface area contributed by atoms with Crippen molar-refractivity contribution in [3.05, 3.63) is 41.1 Å². The zero-order valence-corrected chi connectivity index (χ0v) is 23.1. The van der Waals surface area contributed by atoms with Crippen LogP contribution in [0.5, 0.6) is 0 Å². The second-order valence-electron chi connectivity index (χ2n) is 11.2. The standard InChI is InChI=1S/C30H45N3O4/c1-19(2)8-6-9-21(5)13-14-33-25-12-11-24(26(36)10-7-15-34)28-27(25)22(17-31-28)16-23(18-35)32-30(37)29(33)20(3)4/h8,11-12,17,20-21,23,29,31,34-35H,6-7,9-10,13-16,18H2,1-5H3,(H,32,37)/t21-,23-,29-/m0/s1. The van der Waals surface area contributed by atoms with E-state index in [1.165, 1.54) is 5.57 Å². The molecule has 0 fully saturated rings. The Hall–Kier alpha value is -2.64. The van der Waals surface area contributed by atoms with Gasteiger partial charge in [-0.1, -0.05) is 32.4 Å².